The third-order valence-corrected chi connectivity index (χ3v) is 4.71. The fraction of sp³-hybridized carbons (Fsp3) is 0.350. The molecule has 1 aliphatic heterocycles. The van der Waals surface area contributed by atoms with Gasteiger partial charge in [0.2, 0.25) is 0 Å². The number of ether oxygens (including phenoxy) is 1. The average molecular weight is 366 g/mol. The van der Waals surface area contributed by atoms with Gasteiger partial charge in [-0.1, -0.05) is 17.3 Å². The van der Waals surface area contributed by atoms with Gasteiger partial charge in [0.15, 0.2) is 0 Å². The van der Waals surface area contributed by atoms with E-state index >= 15 is 0 Å². The molecule has 1 saturated heterocycles. The van der Waals surface area contributed by atoms with Crippen molar-refractivity contribution in [1.29, 1.82) is 0 Å². The van der Waals surface area contributed by atoms with Crippen molar-refractivity contribution in [3.05, 3.63) is 52.8 Å². The Kier molecular flexibility index (Phi) is 4.87. The number of aryl methyl sites for hydroxylation is 2. The predicted molar refractivity (Wildman–Crippen MR) is 102 cm³/mol. The summed E-state index contributed by atoms with van der Waals surface area (Å²) in [5.74, 6) is -0.197. The number of aromatic nitrogens is 2. The summed E-state index contributed by atoms with van der Waals surface area (Å²) in [7, 11) is 0. The molecular formula is C20H22N4O3. The molecule has 7 heteroatoms. The molecule has 1 N–H and O–H groups in total. The number of pyridine rings is 1. The van der Waals surface area contributed by atoms with Crippen LogP contribution in [0.3, 0.4) is 0 Å². The predicted octanol–water partition coefficient (Wildman–Crippen LogP) is 2.92. The molecule has 3 heterocycles. The number of carbonyl (C=O) groups excluding carboxylic acids is 1. The van der Waals surface area contributed by atoms with Gasteiger partial charge >= 0.3 is 0 Å². The van der Waals surface area contributed by atoms with Crippen molar-refractivity contribution in [2.24, 2.45) is 0 Å². The van der Waals surface area contributed by atoms with Crippen molar-refractivity contribution in [2.45, 2.75) is 20.4 Å². The number of amides is 1. The van der Waals surface area contributed by atoms with Gasteiger partial charge in [-0.25, -0.2) is 4.98 Å². The largest absolute Gasteiger partial charge is 0.379 e. The Bertz CT molecular complexity index is 959. The molecule has 4 rings (SSSR count). The lowest BCUT2D eigenvalue weighted by Crippen LogP contribution is -2.35. The molecule has 0 bridgehead atoms. The summed E-state index contributed by atoms with van der Waals surface area (Å²) in [6, 6.07) is 9.71. The molecular weight excluding hydrogens is 344 g/mol. The molecule has 0 aliphatic carbocycles. The van der Waals surface area contributed by atoms with E-state index in [1.807, 2.05) is 31.2 Å². The molecule has 2 aromatic heterocycles. The number of rotatable bonds is 4. The first-order valence-corrected chi connectivity index (χ1v) is 9.04. The standard InChI is InChI=1S/C20H22N4O3/c1-13-11-17(18-14(2)23-27-20(18)21-13)19(25)22-16-5-3-15(4-6-16)12-24-7-9-26-10-8-24/h3-6,11H,7-10,12H2,1-2H3,(H,22,25). The molecule has 0 saturated carbocycles. The van der Waals surface area contributed by atoms with Crippen LogP contribution in [0.15, 0.2) is 34.9 Å². The van der Waals surface area contributed by atoms with E-state index in [2.05, 4.69) is 20.4 Å². The Balaban J connectivity index is 1.49. The van der Waals surface area contributed by atoms with E-state index in [1.165, 1.54) is 5.56 Å². The zero-order valence-electron chi connectivity index (χ0n) is 15.5. The highest BCUT2D eigenvalue weighted by molar-refractivity contribution is 6.12. The Labute approximate surface area is 157 Å². The molecule has 3 aromatic rings. The summed E-state index contributed by atoms with van der Waals surface area (Å²) in [5, 5.41) is 7.53. The zero-order valence-corrected chi connectivity index (χ0v) is 15.5. The highest BCUT2D eigenvalue weighted by atomic mass is 16.5. The first-order valence-electron chi connectivity index (χ1n) is 9.04. The average Bonchev–Trinajstić information content (AvgIpc) is 3.04. The lowest BCUT2D eigenvalue weighted by atomic mass is 10.1. The van der Waals surface area contributed by atoms with E-state index in [1.54, 1.807) is 13.0 Å². The van der Waals surface area contributed by atoms with Gasteiger partial charge in [0.1, 0.15) is 0 Å². The van der Waals surface area contributed by atoms with Crippen LogP contribution in [0.5, 0.6) is 0 Å². The Morgan fingerprint density at radius 2 is 1.93 bits per heavy atom. The maximum absolute atomic E-state index is 12.8. The van der Waals surface area contributed by atoms with Gasteiger partial charge < -0.3 is 14.6 Å². The van der Waals surface area contributed by atoms with Crippen LogP contribution in [0.25, 0.3) is 11.1 Å². The fourth-order valence-electron chi connectivity index (χ4n) is 3.31. The number of hydrogen-bond acceptors (Lipinski definition) is 6. The van der Waals surface area contributed by atoms with Crippen LogP contribution >= 0.6 is 0 Å². The molecule has 27 heavy (non-hydrogen) atoms. The highest BCUT2D eigenvalue weighted by Gasteiger charge is 2.18. The second-order valence-electron chi connectivity index (χ2n) is 6.80. The molecule has 0 unspecified atom stereocenters. The monoisotopic (exact) mass is 366 g/mol. The maximum atomic E-state index is 12.8. The van der Waals surface area contributed by atoms with Crippen LogP contribution in [0.4, 0.5) is 5.69 Å². The van der Waals surface area contributed by atoms with Gasteiger partial charge in [0.05, 0.1) is 29.9 Å². The van der Waals surface area contributed by atoms with Crippen LogP contribution in [0.1, 0.15) is 27.3 Å². The van der Waals surface area contributed by atoms with Gasteiger partial charge in [0, 0.05) is 31.0 Å². The number of benzene rings is 1. The van der Waals surface area contributed by atoms with E-state index in [4.69, 9.17) is 9.26 Å². The minimum absolute atomic E-state index is 0.197. The number of anilines is 1. The Morgan fingerprint density at radius 1 is 1.19 bits per heavy atom. The second kappa shape index (κ2) is 7.46. The van der Waals surface area contributed by atoms with Gasteiger partial charge in [-0.05, 0) is 37.6 Å². The van der Waals surface area contributed by atoms with Crippen LogP contribution in [-0.4, -0.2) is 47.3 Å². The van der Waals surface area contributed by atoms with Crippen LogP contribution in [0, 0.1) is 13.8 Å². The fourth-order valence-corrected chi connectivity index (χ4v) is 3.31. The third-order valence-electron chi connectivity index (χ3n) is 4.71. The normalized spacial score (nSPS) is 15.2. The summed E-state index contributed by atoms with van der Waals surface area (Å²) < 4.78 is 10.6. The van der Waals surface area contributed by atoms with E-state index < -0.39 is 0 Å². The number of carbonyl (C=O) groups is 1. The quantitative estimate of drug-likeness (QED) is 0.765. The lowest BCUT2D eigenvalue weighted by Gasteiger charge is -2.26. The number of nitrogens with one attached hydrogen (secondary N) is 1. The number of fused-ring (bicyclic) bond motifs is 1. The highest BCUT2D eigenvalue weighted by Crippen LogP contribution is 2.23. The molecule has 1 aliphatic rings. The van der Waals surface area contributed by atoms with Gasteiger partial charge in [-0.15, -0.1) is 0 Å². The van der Waals surface area contributed by atoms with Crippen molar-refractivity contribution in [3.8, 4) is 0 Å². The topological polar surface area (TPSA) is 80.5 Å². The van der Waals surface area contributed by atoms with Gasteiger partial charge in [-0.3, -0.25) is 9.69 Å². The van der Waals surface area contributed by atoms with Crippen molar-refractivity contribution >= 4 is 22.7 Å². The van der Waals surface area contributed by atoms with Crippen molar-refractivity contribution in [3.63, 3.8) is 0 Å². The van der Waals surface area contributed by atoms with Gasteiger partial charge in [-0.2, -0.15) is 0 Å². The molecule has 1 fully saturated rings. The smallest absolute Gasteiger partial charge is 0.258 e. The first-order chi connectivity index (χ1) is 13.1. The Hall–Kier alpha value is -2.77. The van der Waals surface area contributed by atoms with E-state index in [0.717, 1.165) is 38.5 Å². The summed E-state index contributed by atoms with van der Waals surface area (Å²) in [6.45, 7) is 8.00. The van der Waals surface area contributed by atoms with Gasteiger partial charge in [0.25, 0.3) is 11.6 Å². The first kappa shape index (κ1) is 17.6. The number of hydrogen-bond donors (Lipinski definition) is 1. The summed E-state index contributed by atoms with van der Waals surface area (Å²) in [4.78, 5) is 19.5. The SMILES string of the molecule is Cc1cc(C(=O)Nc2ccc(CN3CCOCC3)cc2)c2c(C)noc2n1. The molecule has 0 atom stereocenters. The summed E-state index contributed by atoms with van der Waals surface area (Å²) >= 11 is 0. The van der Waals surface area contributed by atoms with E-state index in [0.29, 0.717) is 28.1 Å². The van der Waals surface area contributed by atoms with Crippen molar-refractivity contribution in [1.82, 2.24) is 15.0 Å². The zero-order chi connectivity index (χ0) is 18.8. The minimum atomic E-state index is -0.197. The molecule has 7 nitrogen and oxygen atoms in total. The van der Waals surface area contributed by atoms with Crippen LogP contribution < -0.4 is 5.32 Å². The maximum Gasteiger partial charge on any atom is 0.258 e. The lowest BCUT2D eigenvalue weighted by molar-refractivity contribution is 0.0342. The number of morpholine rings is 1. The summed E-state index contributed by atoms with van der Waals surface area (Å²) in [6.07, 6.45) is 0. The van der Waals surface area contributed by atoms with E-state index in [-0.39, 0.29) is 5.91 Å². The summed E-state index contributed by atoms with van der Waals surface area (Å²) in [5.41, 5.74) is 4.25. The Morgan fingerprint density at radius 3 is 2.67 bits per heavy atom. The second-order valence-corrected chi connectivity index (χ2v) is 6.80. The van der Waals surface area contributed by atoms with Crippen molar-refractivity contribution in [2.75, 3.05) is 31.6 Å². The van der Waals surface area contributed by atoms with E-state index in [9.17, 15) is 4.79 Å². The molecule has 0 spiro atoms. The number of nitrogens with zero attached hydrogens (tertiary/aromatic N) is 3. The molecule has 0 radical (unpaired) electrons. The molecule has 140 valence electrons. The minimum Gasteiger partial charge on any atom is -0.379 e. The van der Waals surface area contributed by atoms with Crippen LogP contribution in [-0.2, 0) is 11.3 Å². The molecule has 1 aromatic carbocycles. The third kappa shape index (κ3) is 3.84. The van der Waals surface area contributed by atoms with Crippen LogP contribution in [0.2, 0.25) is 0 Å². The van der Waals surface area contributed by atoms with Crippen molar-refractivity contribution < 1.29 is 14.1 Å². The molecule has 1 amide bonds.